The van der Waals surface area contributed by atoms with Crippen LogP contribution in [0.3, 0.4) is 0 Å². The summed E-state index contributed by atoms with van der Waals surface area (Å²) >= 11 is 0. The summed E-state index contributed by atoms with van der Waals surface area (Å²) < 4.78 is 5.73. The molecule has 0 radical (unpaired) electrons. The zero-order valence-corrected chi connectivity index (χ0v) is 13.3. The van der Waals surface area contributed by atoms with E-state index in [9.17, 15) is 0 Å². The second-order valence-corrected chi connectivity index (χ2v) is 6.06. The molecule has 1 aliphatic rings. The van der Waals surface area contributed by atoms with Crippen molar-refractivity contribution in [2.75, 3.05) is 33.3 Å². The molecular formula is C17H28N2O. The van der Waals surface area contributed by atoms with Crippen LogP contribution in [0.25, 0.3) is 0 Å². The van der Waals surface area contributed by atoms with Crippen LogP contribution < -0.4 is 5.32 Å². The number of benzene rings is 1. The molecule has 1 aromatic rings. The van der Waals surface area contributed by atoms with Crippen molar-refractivity contribution in [1.82, 2.24) is 10.2 Å². The van der Waals surface area contributed by atoms with Gasteiger partial charge in [-0.1, -0.05) is 29.3 Å². The summed E-state index contributed by atoms with van der Waals surface area (Å²) in [6.07, 6.45) is 1.47. The van der Waals surface area contributed by atoms with Crippen molar-refractivity contribution >= 4 is 0 Å². The van der Waals surface area contributed by atoms with Gasteiger partial charge in [0.1, 0.15) is 0 Å². The highest BCUT2D eigenvalue weighted by Gasteiger charge is 2.19. The molecule has 1 saturated heterocycles. The smallest absolute Gasteiger partial charge is 0.0673 e. The Hall–Kier alpha value is -0.900. The van der Waals surface area contributed by atoms with Gasteiger partial charge in [-0.15, -0.1) is 0 Å². The highest BCUT2D eigenvalue weighted by Crippen LogP contribution is 2.19. The fourth-order valence-electron chi connectivity index (χ4n) is 3.08. The monoisotopic (exact) mass is 276 g/mol. The van der Waals surface area contributed by atoms with E-state index in [0.29, 0.717) is 12.1 Å². The minimum Gasteiger partial charge on any atom is -0.377 e. The summed E-state index contributed by atoms with van der Waals surface area (Å²) in [5.74, 6) is 0. The number of ether oxygens (including phenoxy) is 1. The second kappa shape index (κ2) is 7.21. The molecule has 1 aliphatic heterocycles. The number of nitrogens with zero attached hydrogens (tertiary/aromatic N) is 1. The van der Waals surface area contributed by atoms with Crippen molar-refractivity contribution in [2.24, 2.45) is 0 Å². The third kappa shape index (κ3) is 4.30. The Bertz CT molecular complexity index is 413. The van der Waals surface area contributed by atoms with Gasteiger partial charge in [-0.05, 0) is 39.8 Å². The minimum atomic E-state index is 0.342. The summed E-state index contributed by atoms with van der Waals surface area (Å²) in [5.41, 5.74) is 4.07. The van der Waals surface area contributed by atoms with Gasteiger partial charge in [0.15, 0.2) is 0 Å². The van der Waals surface area contributed by atoms with E-state index in [-0.39, 0.29) is 0 Å². The normalized spacial score (nSPS) is 22.5. The van der Waals surface area contributed by atoms with E-state index >= 15 is 0 Å². The van der Waals surface area contributed by atoms with Crippen molar-refractivity contribution in [2.45, 2.75) is 39.3 Å². The highest BCUT2D eigenvalue weighted by atomic mass is 16.5. The lowest BCUT2D eigenvalue weighted by molar-refractivity contribution is 0.0665. The SMILES string of the molecule is CNC(CN1CCCOC(C)C1)c1cc(C)cc(C)c1. The van der Waals surface area contributed by atoms with Crippen LogP contribution in [-0.2, 0) is 4.74 Å². The molecule has 0 bridgehead atoms. The molecule has 0 amide bonds. The van der Waals surface area contributed by atoms with Crippen LogP contribution in [-0.4, -0.2) is 44.3 Å². The molecule has 1 heterocycles. The molecule has 112 valence electrons. The first-order valence-electron chi connectivity index (χ1n) is 7.68. The average molecular weight is 276 g/mol. The molecule has 1 aromatic carbocycles. The highest BCUT2D eigenvalue weighted by molar-refractivity contribution is 5.30. The molecule has 1 N–H and O–H groups in total. The van der Waals surface area contributed by atoms with Crippen molar-refractivity contribution in [1.29, 1.82) is 0 Å². The molecule has 0 saturated carbocycles. The van der Waals surface area contributed by atoms with E-state index < -0.39 is 0 Å². The Morgan fingerprint density at radius 1 is 1.30 bits per heavy atom. The number of aryl methyl sites for hydroxylation is 2. The van der Waals surface area contributed by atoms with E-state index in [1.54, 1.807) is 0 Å². The molecule has 3 heteroatoms. The molecule has 0 spiro atoms. The Labute approximate surface area is 123 Å². The maximum Gasteiger partial charge on any atom is 0.0673 e. The van der Waals surface area contributed by atoms with E-state index in [0.717, 1.165) is 32.7 Å². The molecule has 20 heavy (non-hydrogen) atoms. The van der Waals surface area contributed by atoms with Crippen molar-refractivity contribution in [3.05, 3.63) is 34.9 Å². The lowest BCUT2D eigenvalue weighted by Crippen LogP contribution is -2.37. The number of hydrogen-bond donors (Lipinski definition) is 1. The standard InChI is InChI=1S/C17H28N2O/c1-13-8-14(2)10-16(9-13)17(18-4)12-19-6-5-7-20-15(3)11-19/h8-10,15,17-18H,5-7,11-12H2,1-4H3. The van der Waals surface area contributed by atoms with E-state index in [4.69, 9.17) is 4.74 Å². The zero-order valence-electron chi connectivity index (χ0n) is 13.3. The number of nitrogens with one attached hydrogen (secondary N) is 1. The molecule has 2 rings (SSSR count). The van der Waals surface area contributed by atoms with Crippen LogP contribution in [0.2, 0.25) is 0 Å². The number of hydrogen-bond acceptors (Lipinski definition) is 3. The Kier molecular flexibility index (Phi) is 5.58. The topological polar surface area (TPSA) is 24.5 Å². The van der Waals surface area contributed by atoms with Crippen molar-refractivity contribution in [3.63, 3.8) is 0 Å². The molecular weight excluding hydrogens is 248 g/mol. The van der Waals surface area contributed by atoms with Gasteiger partial charge in [0.25, 0.3) is 0 Å². The van der Waals surface area contributed by atoms with E-state index in [1.165, 1.54) is 16.7 Å². The van der Waals surface area contributed by atoms with Crippen LogP contribution in [0.1, 0.15) is 36.1 Å². The average Bonchev–Trinajstić information content (AvgIpc) is 2.59. The third-order valence-electron chi connectivity index (χ3n) is 3.97. The predicted molar refractivity (Wildman–Crippen MR) is 84.2 cm³/mol. The van der Waals surface area contributed by atoms with Crippen LogP contribution >= 0.6 is 0 Å². The van der Waals surface area contributed by atoms with Gasteiger partial charge in [-0.3, -0.25) is 4.90 Å². The zero-order chi connectivity index (χ0) is 14.5. The first-order chi connectivity index (χ1) is 9.58. The summed E-state index contributed by atoms with van der Waals surface area (Å²) in [7, 11) is 2.06. The van der Waals surface area contributed by atoms with Crippen molar-refractivity contribution < 1.29 is 4.74 Å². The molecule has 2 unspecified atom stereocenters. The van der Waals surface area contributed by atoms with Gasteiger partial charge < -0.3 is 10.1 Å². The van der Waals surface area contributed by atoms with Gasteiger partial charge in [0.2, 0.25) is 0 Å². The van der Waals surface area contributed by atoms with E-state index in [2.05, 4.69) is 56.2 Å². The molecule has 3 nitrogen and oxygen atoms in total. The Balaban J connectivity index is 2.07. The van der Waals surface area contributed by atoms with Gasteiger partial charge >= 0.3 is 0 Å². The fourth-order valence-corrected chi connectivity index (χ4v) is 3.08. The van der Waals surface area contributed by atoms with Crippen molar-refractivity contribution in [3.8, 4) is 0 Å². The first kappa shape index (κ1) is 15.5. The maximum atomic E-state index is 5.73. The second-order valence-electron chi connectivity index (χ2n) is 6.06. The van der Waals surface area contributed by atoms with E-state index in [1.807, 2.05) is 0 Å². The van der Waals surface area contributed by atoms with Gasteiger partial charge in [-0.25, -0.2) is 0 Å². The summed E-state index contributed by atoms with van der Waals surface area (Å²) in [6, 6.07) is 7.22. The number of likely N-dealkylation sites (N-methyl/N-ethyl adjacent to an activating group) is 1. The summed E-state index contributed by atoms with van der Waals surface area (Å²) in [6.45, 7) is 10.6. The minimum absolute atomic E-state index is 0.342. The van der Waals surface area contributed by atoms with Gasteiger partial charge in [0, 0.05) is 32.3 Å². The lowest BCUT2D eigenvalue weighted by Gasteiger charge is -2.27. The molecule has 0 aliphatic carbocycles. The Morgan fingerprint density at radius 2 is 2.00 bits per heavy atom. The fraction of sp³-hybridized carbons (Fsp3) is 0.647. The Morgan fingerprint density at radius 3 is 2.65 bits per heavy atom. The third-order valence-corrected chi connectivity index (χ3v) is 3.97. The quantitative estimate of drug-likeness (QED) is 0.915. The molecule has 1 fully saturated rings. The number of rotatable bonds is 4. The van der Waals surface area contributed by atoms with Crippen LogP contribution in [0.5, 0.6) is 0 Å². The summed E-state index contributed by atoms with van der Waals surface area (Å²) in [5, 5.41) is 3.47. The van der Waals surface area contributed by atoms with Crippen LogP contribution in [0.4, 0.5) is 0 Å². The lowest BCUT2D eigenvalue weighted by atomic mass is 10.0. The van der Waals surface area contributed by atoms with Crippen LogP contribution in [0, 0.1) is 13.8 Å². The largest absolute Gasteiger partial charge is 0.377 e. The van der Waals surface area contributed by atoms with Crippen LogP contribution in [0.15, 0.2) is 18.2 Å². The predicted octanol–water partition coefficient (Wildman–Crippen LogP) is 2.67. The maximum absolute atomic E-state index is 5.73. The van der Waals surface area contributed by atoms with Gasteiger partial charge in [-0.2, -0.15) is 0 Å². The molecule has 2 atom stereocenters. The summed E-state index contributed by atoms with van der Waals surface area (Å²) in [4.78, 5) is 2.52. The first-order valence-corrected chi connectivity index (χ1v) is 7.68. The molecule has 0 aromatic heterocycles. The van der Waals surface area contributed by atoms with Gasteiger partial charge in [0.05, 0.1) is 6.10 Å².